The number of hydrogen-bond acceptors (Lipinski definition) is 4. The van der Waals surface area contributed by atoms with E-state index in [2.05, 4.69) is 5.10 Å². The number of nitro groups is 1. The smallest absolute Gasteiger partial charge is 0.312 e. The Labute approximate surface area is 139 Å². The number of ether oxygens (including phenoxy) is 1. The lowest BCUT2D eigenvalue weighted by Crippen LogP contribution is -3.09. The lowest BCUT2D eigenvalue weighted by Gasteiger charge is -2.15. The van der Waals surface area contributed by atoms with E-state index < -0.39 is 0 Å². The quantitative estimate of drug-likeness (QED) is 0.614. The third kappa shape index (κ3) is 4.43. The van der Waals surface area contributed by atoms with Crippen LogP contribution in [0.2, 0.25) is 5.02 Å². The van der Waals surface area contributed by atoms with Crippen molar-refractivity contribution in [3.8, 4) is 5.75 Å². The van der Waals surface area contributed by atoms with E-state index in [4.69, 9.17) is 16.3 Å². The van der Waals surface area contributed by atoms with Gasteiger partial charge in [-0.25, -0.2) is 4.68 Å². The largest absolute Gasteiger partial charge is 0.488 e. The van der Waals surface area contributed by atoms with E-state index in [1.807, 2.05) is 19.2 Å². The van der Waals surface area contributed by atoms with E-state index in [0.29, 0.717) is 29.7 Å². The molecule has 0 saturated heterocycles. The van der Waals surface area contributed by atoms with Gasteiger partial charge in [0.2, 0.25) is 0 Å². The van der Waals surface area contributed by atoms with Crippen LogP contribution < -0.4 is 9.64 Å². The number of benzene rings is 1. The number of nitrogens with zero attached hydrogens (tertiary/aromatic N) is 3. The van der Waals surface area contributed by atoms with Gasteiger partial charge in [-0.2, -0.15) is 5.10 Å². The van der Waals surface area contributed by atoms with Crippen LogP contribution in [-0.4, -0.2) is 34.9 Å². The summed E-state index contributed by atoms with van der Waals surface area (Å²) in [4.78, 5) is 11.8. The maximum Gasteiger partial charge on any atom is 0.312 e. The fourth-order valence-electron chi connectivity index (χ4n) is 2.31. The Bertz CT molecular complexity index is 685. The van der Waals surface area contributed by atoms with Crippen molar-refractivity contribution in [2.24, 2.45) is 0 Å². The van der Waals surface area contributed by atoms with Gasteiger partial charge in [0.15, 0.2) is 6.67 Å². The van der Waals surface area contributed by atoms with Crippen molar-refractivity contribution in [3.05, 3.63) is 50.8 Å². The van der Waals surface area contributed by atoms with Crippen LogP contribution >= 0.6 is 11.6 Å². The molecule has 2 aromatic rings. The van der Waals surface area contributed by atoms with Crippen molar-refractivity contribution in [2.45, 2.75) is 20.5 Å². The minimum atomic E-state index is -0.382. The lowest BCUT2D eigenvalue weighted by atomic mass is 10.3. The molecule has 0 fully saturated rings. The molecule has 1 atom stereocenters. The molecule has 7 nitrogen and oxygen atoms in total. The van der Waals surface area contributed by atoms with Crippen molar-refractivity contribution >= 4 is 17.3 Å². The molecule has 1 heterocycles. The monoisotopic (exact) mass is 339 g/mol. The number of hydrogen-bond donors (Lipinski definition) is 1. The zero-order valence-electron chi connectivity index (χ0n) is 13.4. The SMILES string of the molecule is Cc1nn(C[NH+](C)CCOc2ccc(Cl)cc2)c(C)c1[N+](=O)[O-]. The van der Waals surface area contributed by atoms with Crippen LogP contribution in [0.25, 0.3) is 0 Å². The first kappa shape index (κ1) is 17.2. The second kappa shape index (κ2) is 7.43. The van der Waals surface area contributed by atoms with Gasteiger partial charge >= 0.3 is 5.69 Å². The fraction of sp³-hybridized carbons (Fsp3) is 0.400. The summed E-state index contributed by atoms with van der Waals surface area (Å²) in [5.41, 5.74) is 1.11. The standard InChI is InChI=1S/C15H19ClN4O3/c1-11-15(20(21)22)12(2)19(17-11)10-18(3)8-9-23-14-6-4-13(16)5-7-14/h4-7H,8-10H2,1-3H3/p+1. The normalized spacial score (nSPS) is 12.2. The van der Waals surface area contributed by atoms with Gasteiger partial charge in [-0.1, -0.05) is 11.6 Å². The Morgan fingerprint density at radius 3 is 2.57 bits per heavy atom. The van der Waals surface area contributed by atoms with Gasteiger partial charge in [-0.3, -0.25) is 10.1 Å². The Kier molecular flexibility index (Phi) is 5.57. The summed E-state index contributed by atoms with van der Waals surface area (Å²) < 4.78 is 7.32. The molecule has 0 aliphatic rings. The van der Waals surface area contributed by atoms with Gasteiger partial charge in [0.1, 0.15) is 30.3 Å². The number of nitrogens with one attached hydrogen (secondary N) is 1. The summed E-state index contributed by atoms with van der Waals surface area (Å²) in [5.74, 6) is 0.768. The van der Waals surface area contributed by atoms with Gasteiger partial charge in [-0.05, 0) is 38.1 Å². The van der Waals surface area contributed by atoms with Crippen molar-refractivity contribution in [1.82, 2.24) is 9.78 Å². The number of aryl methyl sites for hydroxylation is 1. The molecule has 0 amide bonds. The van der Waals surface area contributed by atoms with E-state index in [-0.39, 0.29) is 10.6 Å². The highest BCUT2D eigenvalue weighted by Crippen LogP contribution is 2.20. The molecule has 1 aromatic heterocycles. The number of likely N-dealkylation sites (N-methyl/N-ethyl adjacent to an activating group) is 1. The van der Waals surface area contributed by atoms with E-state index >= 15 is 0 Å². The first-order valence-corrected chi connectivity index (χ1v) is 7.64. The van der Waals surface area contributed by atoms with Crippen LogP contribution in [0.3, 0.4) is 0 Å². The van der Waals surface area contributed by atoms with E-state index in [9.17, 15) is 10.1 Å². The van der Waals surface area contributed by atoms with Gasteiger partial charge in [0.05, 0.1) is 12.0 Å². The van der Waals surface area contributed by atoms with Crippen molar-refractivity contribution in [1.29, 1.82) is 0 Å². The van der Waals surface area contributed by atoms with Crippen LogP contribution in [0.1, 0.15) is 11.4 Å². The topological polar surface area (TPSA) is 74.6 Å². The fourth-order valence-corrected chi connectivity index (χ4v) is 2.44. The Balaban J connectivity index is 1.87. The predicted molar refractivity (Wildman–Crippen MR) is 87.1 cm³/mol. The summed E-state index contributed by atoms with van der Waals surface area (Å²) in [5, 5.41) is 15.9. The second-order valence-corrected chi connectivity index (χ2v) is 5.88. The third-order valence-corrected chi connectivity index (χ3v) is 3.81. The average Bonchev–Trinajstić information content (AvgIpc) is 2.75. The minimum Gasteiger partial charge on any atom is -0.488 e. The van der Waals surface area contributed by atoms with E-state index in [1.54, 1.807) is 30.7 Å². The van der Waals surface area contributed by atoms with Crippen LogP contribution in [0.4, 0.5) is 5.69 Å². The Hall–Kier alpha value is -2.12. The molecule has 1 aromatic carbocycles. The van der Waals surface area contributed by atoms with Gasteiger partial charge < -0.3 is 9.64 Å². The van der Waals surface area contributed by atoms with Crippen LogP contribution in [0, 0.1) is 24.0 Å². The number of halogens is 1. The summed E-state index contributed by atoms with van der Waals surface area (Å²) >= 11 is 5.82. The molecule has 0 bridgehead atoms. The maximum absolute atomic E-state index is 11.0. The third-order valence-electron chi connectivity index (χ3n) is 3.56. The molecule has 0 aliphatic heterocycles. The maximum atomic E-state index is 11.0. The molecular formula is C15H20ClN4O3+. The van der Waals surface area contributed by atoms with Crippen molar-refractivity contribution in [2.75, 3.05) is 20.2 Å². The Morgan fingerprint density at radius 2 is 2.00 bits per heavy atom. The molecule has 1 unspecified atom stereocenters. The van der Waals surface area contributed by atoms with Crippen LogP contribution in [0.15, 0.2) is 24.3 Å². The average molecular weight is 340 g/mol. The molecule has 8 heteroatoms. The molecular weight excluding hydrogens is 320 g/mol. The molecule has 2 rings (SSSR count). The van der Waals surface area contributed by atoms with Gasteiger partial charge in [0, 0.05) is 5.02 Å². The van der Waals surface area contributed by atoms with E-state index in [0.717, 1.165) is 17.2 Å². The van der Waals surface area contributed by atoms with Gasteiger partial charge in [-0.15, -0.1) is 0 Å². The molecule has 0 saturated carbocycles. The van der Waals surface area contributed by atoms with Crippen molar-refractivity contribution < 1.29 is 14.6 Å². The molecule has 0 aliphatic carbocycles. The first-order valence-electron chi connectivity index (χ1n) is 7.26. The molecule has 0 spiro atoms. The number of rotatable bonds is 7. The molecule has 124 valence electrons. The highest BCUT2D eigenvalue weighted by atomic mass is 35.5. The van der Waals surface area contributed by atoms with E-state index in [1.165, 1.54) is 0 Å². The highest BCUT2D eigenvalue weighted by molar-refractivity contribution is 6.30. The molecule has 0 radical (unpaired) electrons. The summed E-state index contributed by atoms with van der Waals surface area (Å²) in [6.07, 6.45) is 0. The zero-order chi connectivity index (χ0) is 17.0. The Morgan fingerprint density at radius 1 is 1.35 bits per heavy atom. The first-order chi connectivity index (χ1) is 10.9. The van der Waals surface area contributed by atoms with Crippen molar-refractivity contribution in [3.63, 3.8) is 0 Å². The molecule has 1 N–H and O–H groups in total. The summed E-state index contributed by atoms with van der Waals surface area (Å²) in [7, 11) is 1.99. The van der Waals surface area contributed by atoms with Crippen LogP contribution in [0.5, 0.6) is 5.75 Å². The summed E-state index contributed by atoms with van der Waals surface area (Å²) in [6, 6.07) is 7.20. The second-order valence-electron chi connectivity index (χ2n) is 5.44. The highest BCUT2D eigenvalue weighted by Gasteiger charge is 2.22. The number of quaternary nitrogens is 1. The molecule has 23 heavy (non-hydrogen) atoms. The van der Waals surface area contributed by atoms with Gasteiger partial charge in [0.25, 0.3) is 0 Å². The zero-order valence-corrected chi connectivity index (χ0v) is 14.1. The van der Waals surface area contributed by atoms with Crippen LogP contribution in [-0.2, 0) is 6.67 Å². The summed E-state index contributed by atoms with van der Waals surface area (Å²) in [6.45, 7) is 5.20. The number of aromatic nitrogens is 2. The lowest BCUT2D eigenvalue weighted by molar-refractivity contribution is -0.903. The predicted octanol–water partition coefficient (Wildman–Crippen LogP) is 1.61. The minimum absolute atomic E-state index is 0.0928.